The van der Waals surface area contributed by atoms with Crippen LogP contribution in [-0.2, 0) is 6.42 Å². The van der Waals surface area contributed by atoms with Crippen molar-refractivity contribution in [2.24, 2.45) is 0 Å². The first-order valence-electron chi connectivity index (χ1n) is 5.28. The first kappa shape index (κ1) is 10.4. The highest BCUT2D eigenvalue weighted by atomic mass is 14.9. The van der Waals surface area contributed by atoms with Crippen molar-refractivity contribution >= 4 is 11.5 Å². The summed E-state index contributed by atoms with van der Waals surface area (Å²) < 4.78 is 0. The molecule has 2 aromatic rings. The molecule has 2 aromatic carbocycles. The van der Waals surface area contributed by atoms with Crippen molar-refractivity contribution in [3.8, 4) is 0 Å². The molecule has 2 N–H and O–H groups in total. The highest BCUT2D eigenvalue weighted by molar-refractivity contribution is 5.94. The van der Waals surface area contributed by atoms with E-state index < -0.39 is 0 Å². The monoisotopic (exact) mass is 210 g/mol. The summed E-state index contributed by atoms with van der Waals surface area (Å²) in [6.45, 7) is 0. The zero-order valence-electron chi connectivity index (χ0n) is 8.98. The summed E-state index contributed by atoms with van der Waals surface area (Å²) in [4.78, 5) is 0. The Balaban J connectivity index is 1.95. The van der Waals surface area contributed by atoms with Crippen molar-refractivity contribution in [3.63, 3.8) is 0 Å². The Bertz CT molecular complexity index is 405. The molecule has 0 amide bonds. The predicted octanol–water partition coefficient (Wildman–Crippen LogP) is 3.32. The third-order valence-corrected chi connectivity index (χ3v) is 2.29. The molecule has 2 rings (SSSR count). The second kappa shape index (κ2) is 5.12. The maximum atomic E-state index is 7.85. The van der Waals surface area contributed by atoms with Crippen molar-refractivity contribution in [2.45, 2.75) is 6.42 Å². The maximum Gasteiger partial charge on any atom is 0.102 e. The van der Waals surface area contributed by atoms with Crippen LogP contribution in [0.15, 0.2) is 60.7 Å². The normalized spacial score (nSPS) is 9.75. The van der Waals surface area contributed by atoms with E-state index in [2.05, 4.69) is 5.32 Å². The number of hydrogen-bond acceptors (Lipinski definition) is 1. The SMILES string of the molecule is N=C(Cc1ccccc1)Nc1ccccc1. The van der Waals surface area contributed by atoms with Gasteiger partial charge in [-0.3, -0.25) is 5.41 Å². The molecule has 0 aliphatic rings. The summed E-state index contributed by atoms with van der Waals surface area (Å²) in [7, 11) is 0. The second-order valence-electron chi connectivity index (χ2n) is 3.63. The van der Waals surface area contributed by atoms with E-state index in [1.165, 1.54) is 0 Å². The number of amidine groups is 1. The molecule has 0 aliphatic heterocycles. The topological polar surface area (TPSA) is 35.9 Å². The van der Waals surface area contributed by atoms with Crippen LogP contribution in [0.1, 0.15) is 5.56 Å². The first-order valence-corrected chi connectivity index (χ1v) is 5.28. The van der Waals surface area contributed by atoms with Gasteiger partial charge in [-0.05, 0) is 17.7 Å². The van der Waals surface area contributed by atoms with Crippen LogP contribution in [0.2, 0.25) is 0 Å². The Morgan fingerprint density at radius 3 is 2.06 bits per heavy atom. The molecule has 0 atom stereocenters. The van der Waals surface area contributed by atoms with E-state index in [1.807, 2.05) is 60.7 Å². The van der Waals surface area contributed by atoms with Gasteiger partial charge in [0, 0.05) is 12.1 Å². The van der Waals surface area contributed by atoms with Gasteiger partial charge in [0.2, 0.25) is 0 Å². The molecular weight excluding hydrogens is 196 g/mol. The van der Waals surface area contributed by atoms with E-state index in [-0.39, 0.29) is 0 Å². The molecule has 80 valence electrons. The van der Waals surface area contributed by atoms with E-state index in [0.717, 1.165) is 11.3 Å². The highest BCUT2D eigenvalue weighted by Gasteiger charge is 1.98. The number of benzene rings is 2. The van der Waals surface area contributed by atoms with Gasteiger partial charge in [-0.1, -0.05) is 48.5 Å². The lowest BCUT2D eigenvalue weighted by molar-refractivity contribution is 1.27. The molecule has 0 aliphatic carbocycles. The average molecular weight is 210 g/mol. The number of para-hydroxylation sites is 1. The molecule has 0 radical (unpaired) electrons. The third kappa shape index (κ3) is 2.95. The van der Waals surface area contributed by atoms with Crippen LogP contribution < -0.4 is 5.32 Å². The number of rotatable bonds is 3. The summed E-state index contributed by atoms with van der Waals surface area (Å²) in [5, 5.41) is 10.9. The third-order valence-electron chi connectivity index (χ3n) is 2.29. The van der Waals surface area contributed by atoms with E-state index in [0.29, 0.717) is 12.3 Å². The molecular formula is C14H14N2. The van der Waals surface area contributed by atoms with Crippen LogP contribution in [0.5, 0.6) is 0 Å². The molecule has 16 heavy (non-hydrogen) atoms. The molecule has 2 heteroatoms. The summed E-state index contributed by atoms with van der Waals surface area (Å²) >= 11 is 0. The van der Waals surface area contributed by atoms with Crippen LogP contribution in [0.4, 0.5) is 5.69 Å². The van der Waals surface area contributed by atoms with Gasteiger partial charge >= 0.3 is 0 Å². The van der Waals surface area contributed by atoms with Crippen molar-refractivity contribution in [1.29, 1.82) is 5.41 Å². The van der Waals surface area contributed by atoms with Gasteiger partial charge in [-0.2, -0.15) is 0 Å². The Morgan fingerprint density at radius 1 is 0.875 bits per heavy atom. The zero-order valence-corrected chi connectivity index (χ0v) is 8.98. The minimum Gasteiger partial charge on any atom is -0.344 e. The largest absolute Gasteiger partial charge is 0.344 e. The summed E-state index contributed by atoms with van der Waals surface area (Å²) in [5.74, 6) is 0.511. The lowest BCUT2D eigenvalue weighted by Gasteiger charge is -2.07. The molecule has 0 saturated heterocycles. The van der Waals surface area contributed by atoms with Gasteiger partial charge in [0.25, 0.3) is 0 Å². The lowest BCUT2D eigenvalue weighted by Crippen LogP contribution is -2.13. The number of nitrogens with one attached hydrogen (secondary N) is 2. The fourth-order valence-electron chi connectivity index (χ4n) is 1.54. The standard InChI is InChI=1S/C14H14N2/c15-14(11-12-7-3-1-4-8-12)16-13-9-5-2-6-10-13/h1-10H,11H2,(H2,15,16). The van der Waals surface area contributed by atoms with Gasteiger partial charge < -0.3 is 5.32 Å². The molecule has 0 fully saturated rings. The Kier molecular flexibility index (Phi) is 3.34. The van der Waals surface area contributed by atoms with Crippen molar-refractivity contribution in [2.75, 3.05) is 5.32 Å². The molecule has 2 nitrogen and oxygen atoms in total. The number of hydrogen-bond donors (Lipinski definition) is 2. The Hall–Kier alpha value is -2.09. The van der Waals surface area contributed by atoms with Gasteiger partial charge in [-0.15, -0.1) is 0 Å². The maximum absolute atomic E-state index is 7.85. The quantitative estimate of drug-likeness (QED) is 0.591. The minimum absolute atomic E-state index is 0.511. The summed E-state index contributed by atoms with van der Waals surface area (Å²) in [5.41, 5.74) is 2.11. The van der Waals surface area contributed by atoms with E-state index in [9.17, 15) is 0 Å². The predicted molar refractivity (Wildman–Crippen MR) is 67.9 cm³/mol. The zero-order chi connectivity index (χ0) is 11.2. The minimum atomic E-state index is 0.511. The van der Waals surface area contributed by atoms with Crippen LogP contribution in [-0.4, -0.2) is 5.84 Å². The fraction of sp³-hybridized carbons (Fsp3) is 0.0714. The summed E-state index contributed by atoms with van der Waals surface area (Å²) in [6, 6.07) is 19.8. The first-order chi connectivity index (χ1) is 7.84. The van der Waals surface area contributed by atoms with Gasteiger partial charge in [0.05, 0.1) is 0 Å². The van der Waals surface area contributed by atoms with Crippen molar-refractivity contribution < 1.29 is 0 Å². The smallest absolute Gasteiger partial charge is 0.102 e. The molecule has 0 saturated carbocycles. The number of anilines is 1. The second-order valence-corrected chi connectivity index (χ2v) is 3.63. The summed E-state index contributed by atoms with van der Waals surface area (Å²) in [6.07, 6.45) is 0.635. The van der Waals surface area contributed by atoms with Crippen LogP contribution >= 0.6 is 0 Å². The van der Waals surface area contributed by atoms with E-state index >= 15 is 0 Å². The van der Waals surface area contributed by atoms with Gasteiger partial charge in [0.1, 0.15) is 5.84 Å². The van der Waals surface area contributed by atoms with Crippen LogP contribution in [0.3, 0.4) is 0 Å². The highest BCUT2D eigenvalue weighted by Crippen LogP contribution is 2.07. The Morgan fingerprint density at radius 2 is 1.44 bits per heavy atom. The van der Waals surface area contributed by atoms with Crippen molar-refractivity contribution in [3.05, 3.63) is 66.2 Å². The lowest BCUT2D eigenvalue weighted by atomic mass is 10.1. The average Bonchev–Trinajstić information content (AvgIpc) is 2.31. The molecule has 0 unspecified atom stereocenters. The van der Waals surface area contributed by atoms with Crippen molar-refractivity contribution in [1.82, 2.24) is 0 Å². The fourth-order valence-corrected chi connectivity index (χ4v) is 1.54. The Labute approximate surface area is 95.5 Å². The van der Waals surface area contributed by atoms with Gasteiger partial charge in [-0.25, -0.2) is 0 Å². The molecule has 0 bridgehead atoms. The van der Waals surface area contributed by atoms with Gasteiger partial charge in [0.15, 0.2) is 0 Å². The molecule has 0 heterocycles. The van der Waals surface area contributed by atoms with Crippen LogP contribution in [0.25, 0.3) is 0 Å². The molecule has 0 aromatic heterocycles. The van der Waals surface area contributed by atoms with E-state index in [1.54, 1.807) is 0 Å². The van der Waals surface area contributed by atoms with Crippen LogP contribution in [0, 0.1) is 5.41 Å². The molecule has 0 spiro atoms. The van der Waals surface area contributed by atoms with E-state index in [4.69, 9.17) is 5.41 Å².